The number of aryl methyl sites for hydroxylation is 1. The Bertz CT molecular complexity index is 859. The molecule has 1 aliphatic rings. The van der Waals surface area contributed by atoms with Crippen LogP contribution in [0.15, 0.2) is 36.4 Å². The van der Waals surface area contributed by atoms with E-state index >= 15 is 0 Å². The molecule has 3 heteroatoms. The highest BCUT2D eigenvalue weighted by molar-refractivity contribution is 5.69. The number of primary amides is 1. The molecule has 0 heterocycles. The molecule has 2 aromatic carbocycles. The molecular weight excluding hydrogens is 322 g/mol. The van der Waals surface area contributed by atoms with Crippen LogP contribution in [0.3, 0.4) is 0 Å². The first-order chi connectivity index (χ1) is 12.0. The number of carbonyl (C=O) groups is 1. The molecule has 0 saturated carbocycles. The van der Waals surface area contributed by atoms with Gasteiger partial charge >= 0.3 is 6.09 Å². The summed E-state index contributed by atoms with van der Waals surface area (Å²) < 4.78 is 5.42. The largest absolute Gasteiger partial charge is 0.441 e. The van der Waals surface area contributed by atoms with Crippen LogP contribution in [0, 0.1) is 12.3 Å². The molecule has 3 nitrogen and oxygen atoms in total. The molecule has 0 radical (unpaired) electrons. The van der Waals surface area contributed by atoms with Gasteiger partial charge in [0.05, 0.1) is 0 Å². The SMILES string of the molecule is Cc1cc(-c2ccc3c(c2)CC(C)(C)C3OC(N)=O)cc(C(C)(C)C)c1. The maximum absolute atomic E-state index is 11.3. The van der Waals surface area contributed by atoms with Crippen molar-refractivity contribution in [2.45, 2.75) is 59.5 Å². The lowest BCUT2D eigenvalue weighted by Gasteiger charge is -2.26. The number of amides is 1. The number of ether oxygens (including phenoxy) is 1. The van der Waals surface area contributed by atoms with E-state index in [0.29, 0.717) is 0 Å². The highest BCUT2D eigenvalue weighted by atomic mass is 16.6. The monoisotopic (exact) mass is 351 g/mol. The number of rotatable bonds is 2. The van der Waals surface area contributed by atoms with Crippen molar-refractivity contribution in [2.75, 3.05) is 0 Å². The third kappa shape index (κ3) is 3.48. The molecule has 1 aliphatic carbocycles. The van der Waals surface area contributed by atoms with Gasteiger partial charge in [-0.3, -0.25) is 0 Å². The fourth-order valence-electron chi connectivity index (χ4n) is 3.92. The first-order valence-corrected chi connectivity index (χ1v) is 9.19. The zero-order chi connectivity index (χ0) is 19.3. The smallest absolute Gasteiger partial charge is 0.405 e. The molecule has 0 saturated heterocycles. The number of hydrogen-bond donors (Lipinski definition) is 1. The highest BCUT2D eigenvalue weighted by Gasteiger charge is 2.41. The van der Waals surface area contributed by atoms with Gasteiger partial charge in [0.1, 0.15) is 6.10 Å². The zero-order valence-electron chi connectivity index (χ0n) is 16.6. The van der Waals surface area contributed by atoms with Gasteiger partial charge in [0.2, 0.25) is 0 Å². The summed E-state index contributed by atoms with van der Waals surface area (Å²) in [5.41, 5.74) is 12.6. The molecule has 0 aliphatic heterocycles. The number of carbonyl (C=O) groups excluding carboxylic acids is 1. The Hall–Kier alpha value is -2.29. The van der Waals surface area contributed by atoms with E-state index in [-0.39, 0.29) is 16.9 Å². The van der Waals surface area contributed by atoms with Crippen LogP contribution in [0.25, 0.3) is 11.1 Å². The van der Waals surface area contributed by atoms with Crippen molar-refractivity contribution in [2.24, 2.45) is 11.1 Å². The van der Waals surface area contributed by atoms with Gasteiger partial charge in [-0.05, 0) is 46.6 Å². The van der Waals surface area contributed by atoms with E-state index in [2.05, 4.69) is 77.9 Å². The molecule has 3 rings (SSSR count). The lowest BCUT2D eigenvalue weighted by Crippen LogP contribution is -2.25. The Morgan fingerprint density at radius 2 is 1.81 bits per heavy atom. The summed E-state index contributed by atoms with van der Waals surface area (Å²) in [5, 5.41) is 0. The maximum atomic E-state index is 11.3. The molecule has 138 valence electrons. The van der Waals surface area contributed by atoms with Crippen molar-refractivity contribution in [3.8, 4) is 11.1 Å². The molecule has 1 unspecified atom stereocenters. The molecule has 0 spiro atoms. The van der Waals surface area contributed by atoms with Gasteiger partial charge < -0.3 is 10.5 Å². The molecule has 1 atom stereocenters. The number of hydrogen-bond acceptors (Lipinski definition) is 2. The molecule has 1 amide bonds. The summed E-state index contributed by atoms with van der Waals surface area (Å²) in [6.07, 6.45) is -0.133. The number of nitrogens with two attached hydrogens (primary N) is 1. The summed E-state index contributed by atoms with van der Waals surface area (Å²) in [6.45, 7) is 13.1. The average molecular weight is 351 g/mol. The van der Waals surface area contributed by atoms with E-state index in [4.69, 9.17) is 10.5 Å². The Morgan fingerprint density at radius 1 is 1.12 bits per heavy atom. The standard InChI is InChI=1S/C23H29NO2/c1-14-9-16(12-18(10-14)22(2,3)4)15-7-8-19-17(11-15)13-23(5,6)20(19)26-21(24)25/h7-12,20H,13H2,1-6H3,(H2,24,25). The molecule has 26 heavy (non-hydrogen) atoms. The maximum Gasteiger partial charge on any atom is 0.405 e. The van der Waals surface area contributed by atoms with Crippen molar-refractivity contribution >= 4 is 6.09 Å². The fourth-order valence-corrected chi connectivity index (χ4v) is 3.92. The topological polar surface area (TPSA) is 52.3 Å². The summed E-state index contributed by atoms with van der Waals surface area (Å²) >= 11 is 0. The minimum Gasteiger partial charge on any atom is -0.441 e. The second-order valence-corrected chi connectivity index (χ2v) is 9.23. The predicted molar refractivity (Wildman–Crippen MR) is 106 cm³/mol. The lowest BCUT2D eigenvalue weighted by molar-refractivity contribution is 0.0392. The quantitative estimate of drug-likeness (QED) is 0.757. The second-order valence-electron chi connectivity index (χ2n) is 9.23. The van der Waals surface area contributed by atoms with Gasteiger partial charge in [0.15, 0.2) is 0 Å². The molecular formula is C23H29NO2. The summed E-state index contributed by atoms with van der Waals surface area (Å²) in [7, 11) is 0. The van der Waals surface area contributed by atoms with Crippen LogP contribution in [0.5, 0.6) is 0 Å². The van der Waals surface area contributed by atoms with Crippen LogP contribution in [0.2, 0.25) is 0 Å². The van der Waals surface area contributed by atoms with E-state index in [1.807, 2.05) is 0 Å². The van der Waals surface area contributed by atoms with Crippen molar-refractivity contribution < 1.29 is 9.53 Å². The van der Waals surface area contributed by atoms with Gasteiger partial charge in [0.25, 0.3) is 0 Å². The Balaban J connectivity index is 2.04. The van der Waals surface area contributed by atoms with E-state index in [0.717, 1.165) is 12.0 Å². The van der Waals surface area contributed by atoms with Crippen LogP contribution in [-0.4, -0.2) is 6.09 Å². The fraction of sp³-hybridized carbons (Fsp3) is 0.435. The number of fused-ring (bicyclic) bond motifs is 1. The van der Waals surface area contributed by atoms with E-state index in [9.17, 15) is 4.79 Å². The van der Waals surface area contributed by atoms with E-state index in [1.54, 1.807) is 0 Å². The minimum absolute atomic E-state index is 0.111. The van der Waals surface area contributed by atoms with Crippen LogP contribution < -0.4 is 5.73 Å². The Morgan fingerprint density at radius 3 is 2.42 bits per heavy atom. The average Bonchev–Trinajstić information content (AvgIpc) is 2.75. The molecule has 2 N–H and O–H groups in total. The highest BCUT2D eigenvalue weighted by Crippen LogP contribution is 2.48. The molecule has 0 fully saturated rings. The van der Waals surface area contributed by atoms with Crippen LogP contribution in [-0.2, 0) is 16.6 Å². The normalized spacial score (nSPS) is 18.5. The third-order valence-electron chi connectivity index (χ3n) is 5.29. The molecule has 0 aromatic heterocycles. The lowest BCUT2D eigenvalue weighted by atomic mass is 9.84. The summed E-state index contributed by atoms with van der Waals surface area (Å²) in [4.78, 5) is 11.3. The third-order valence-corrected chi connectivity index (χ3v) is 5.29. The van der Waals surface area contributed by atoms with Crippen LogP contribution >= 0.6 is 0 Å². The number of benzene rings is 2. The van der Waals surface area contributed by atoms with Crippen LogP contribution in [0.1, 0.15) is 63.0 Å². The second kappa shape index (κ2) is 6.15. The van der Waals surface area contributed by atoms with Gasteiger partial charge in [0, 0.05) is 5.41 Å². The van der Waals surface area contributed by atoms with E-state index < -0.39 is 6.09 Å². The van der Waals surface area contributed by atoms with Crippen molar-refractivity contribution in [1.29, 1.82) is 0 Å². The van der Waals surface area contributed by atoms with Crippen molar-refractivity contribution in [3.05, 3.63) is 58.7 Å². The van der Waals surface area contributed by atoms with E-state index in [1.165, 1.54) is 27.8 Å². The van der Waals surface area contributed by atoms with Gasteiger partial charge in [-0.25, -0.2) is 4.79 Å². The first-order valence-electron chi connectivity index (χ1n) is 9.19. The summed E-state index contributed by atoms with van der Waals surface area (Å²) in [6, 6.07) is 13.2. The summed E-state index contributed by atoms with van der Waals surface area (Å²) in [5.74, 6) is 0. The first kappa shape index (κ1) is 18.5. The zero-order valence-corrected chi connectivity index (χ0v) is 16.6. The predicted octanol–water partition coefficient (Wildman–Crippen LogP) is 5.68. The van der Waals surface area contributed by atoms with Crippen molar-refractivity contribution in [1.82, 2.24) is 0 Å². The van der Waals surface area contributed by atoms with Crippen LogP contribution in [0.4, 0.5) is 4.79 Å². The minimum atomic E-state index is -0.714. The molecule has 0 bridgehead atoms. The van der Waals surface area contributed by atoms with Gasteiger partial charge in [-0.15, -0.1) is 0 Å². The Kier molecular flexibility index (Phi) is 4.38. The van der Waals surface area contributed by atoms with Gasteiger partial charge in [-0.2, -0.15) is 0 Å². The molecule has 2 aromatic rings. The Labute approximate surface area is 156 Å². The van der Waals surface area contributed by atoms with Gasteiger partial charge in [-0.1, -0.05) is 76.6 Å². The van der Waals surface area contributed by atoms with Crippen molar-refractivity contribution in [3.63, 3.8) is 0 Å².